The van der Waals surface area contributed by atoms with Crippen LogP contribution in [-0.2, 0) is 0 Å². The number of carbonyl (C=O) groups excluding carboxylic acids is 1. The maximum atomic E-state index is 12.0. The van der Waals surface area contributed by atoms with E-state index in [0.717, 1.165) is 16.6 Å². The van der Waals surface area contributed by atoms with Crippen molar-refractivity contribution in [2.75, 3.05) is 18.9 Å². The van der Waals surface area contributed by atoms with E-state index in [-0.39, 0.29) is 19.1 Å². The molecule has 0 saturated heterocycles. The molecule has 0 atom stereocenters. The van der Waals surface area contributed by atoms with Crippen LogP contribution in [0.4, 0.5) is 5.69 Å². The predicted molar refractivity (Wildman–Crippen MR) is 70.3 cm³/mol. The highest BCUT2D eigenvalue weighted by Crippen LogP contribution is 2.21. The molecule has 0 spiro atoms. The van der Waals surface area contributed by atoms with Gasteiger partial charge in [-0.25, -0.2) is 0 Å². The quantitative estimate of drug-likeness (QED) is 0.699. The third kappa shape index (κ3) is 2.41. The van der Waals surface area contributed by atoms with Crippen LogP contribution in [0.3, 0.4) is 0 Å². The molecule has 0 aliphatic carbocycles. The molecule has 1 aromatic heterocycles. The van der Waals surface area contributed by atoms with Gasteiger partial charge in [0.1, 0.15) is 0 Å². The Labute approximate surface area is 105 Å². The van der Waals surface area contributed by atoms with E-state index in [1.807, 2.05) is 6.92 Å². The Bertz CT molecular complexity index is 596. The van der Waals surface area contributed by atoms with E-state index in [0.29, 0.717) is 11.3 Å². The molecule has 1 amide bonds. The lowest BCUT2D eigenvalue weighted by Gasteiger charge is -2.08. The summed E-state index contributed by atoms with van der Waals surface area (Å²) < 4.78 is 0. The van der Waals surface area contributed by atoms with Crippen LogP contribution in [0.25, 0.3) is 10.9 Å². The van der Waals surface area contributed by atoms with Crippen molar-refractivity contribution in [2.24, 2.45) is 0 Å². The number of nitrogen functional groups attached to an aromatic ring is 1. The van der Waals surface area contributed by atoms with Gasteiger partial charge in [0.15, 0.2) is 0 Å². The zero-order valence-corrected chi connectivity index (χ0v) is 10.1. The molecule has 94 valence electrons. The van der Waals surface area contributed by atoms with Crippen molar-refractivity contribution in [2.45, 2.75) is 6.92 Å². The average molecular weight is 245 g/mol. The number of amides is 1. The van der Waals surface area contributed by atoms with Gasteiger partial charge < -0.3 is 16.2 Å². The van der Waals surface area contributed by atoms with E-state index in [4.69, 9.17) is 10.8 Å². The summed E-state index contributed by atoms with van der Waals surface area (Å²) in [6.45, 7) is 1.97. The number of carbonyl (C=O) groups is 1. The van der Waals surface area contributed by atoms with Crippen LogP contribution in [0.1, 0.15) is 16.1 Å². The highest BCUT2D eigenvalue weighted by molar-refractivity contribution is 6.06. The zero-order chi connectivity index (χ0) is 13.1. The lowest BCUT2D eigenvalue weighted by molar-refractivity contribution is 0.0946. The molecule has 1 heterocycles. The third-order valence-corrected chi connectivity index (χ3v) is 2.60. The van der Waals surface area contributed by atoms with E-state index >= 15 is 0 Å². The lowest BCUT2D eigenvalue weighted by atomic mass is 10.1. The molecule has 5 nitrogen and oxygen atoms in total. The van der Waals surface area contributed by atoms with Gasteiger partial charge in [-0.1, -0.05) is 0 Å². The summed E-state index contributed by atoms with van der Waals surface area (Å²) >= 11 is 0. The van der Waals surface area contributed by atoms with Gasteiger partial charge in [0.2, 0.25) is 0 Å². The van der Waals surface area contributed by atoms with Crippen molar-refractivity contribution >= 4 is 22.5 Å². The Hall–Kier alpha value is -2.14. The predicted octanol–water partition coefficient (Wildman–Crippen LogP) is 0.848. The second-order valence-electron chi connectivity index (χ2n) is 4.07. The number of nitrogens with zero attached hydrogens (tertiary/aromatic N) is 1. The monoisotopic (exact) mass is 245 g/mol. The highest BCUT2D eigenvalue weighted by atomic mass is 16.3. The van der Waals surface area contributed by atoms with E-state index in [1.165, 1.54) is 0 Å². The highest BCUT2D eigenvalue weighted by Gasteiger charge is 2.11. The van der Waals surface area contributed by atoms with Crippen LogP contribution >= 0.6 is 0 Å². The van der Waals surface area contributed by atoms with E-state index in [2.05, 4.69) is 10.3 Å². The van der Waals surface area contributed by atoms with Crippen LogP contribution in [0.2, 0.25) is 0 Å². The normalized spacial score (nSPS) is 10.6. The maximum Gasteiger partial charge on any atom is 0.252 e. The maximum absolute atomic E-state index is 12.0. The Balaban J connectivity index is 2.54. The molecule has 0 fully saturated rings. The van der Waals surface area contributed by atoms with E-state index in [1.54, 1.807) is 24.3 Å². The molecule has 0 saturated carbocycles. The number of aliphatic hydroxyl groups excluding tert-OH is 1. The first-order chi connectivity index (χ1) is 8.61. The largest absolute Gasteiger partial charge is 0.399 e. The van der Waals surface area contributed by atoms with Gasteiger partial charge in [-0.05, 0) is 31.2 Å². The van der Waals surface area contributed by atoms with Gasteiger partial charge in [-0.3, -0.25) is 9.78 Å². The molecule has 0 aliphatic rings. The molecule has 2 rings (SSSR count). The summed E-state index contributed by atoms with van der Waals surface area (Å²) in [4.78, 5) is 16.3. The summed E-state index contributed by atoms with van der Waals surface area (Å²) in [6, 6.07) is 6.99. The molecule has 0 bridgehead atoms. The molecule has 0 unspecified atom stereocenters. The van der Waals surface area contributed by atoms with E-state index < -0.39 is 0 Å². The Morgan fingerprint density at radius 3 is 2.94 bits per heavy atom. The SMILES string of the molecule is Cc1cc(C(=O)NCCO)c2cc(N)ccc2n1. The van der Waals surface area contributed by atoms with Crippen LogP contribution in [0.5, 0.6) is 0 Å². The molecule has 18 heavy (non-hydrogen) atoms. The van der Waals surface area contributed by atoms with Crippen molar-refractivity contribution in [3.8, 4) is 0 Å². The first-order valence-electron chi connectivity index (χ1n) is 5.68. The fraction of sp³-hybridized carbons (Fsp3) is 0.231. The number of hydrogen-bond acceptors (Lipinski definition) is 4. The number of rotatable bonds is 3. The van der Waals surface area contributed by atoms with Gasteiger partial charge in [0.25, 0.3) is 5.91 Å². The first-order valence-corrected chi connectivity index (χ1v) is 5.68. The number of nitrogens with one attached hydrogen (secondary N) is 1. The summed E-state index contributed by atoms with van der Waals surface area (Å²) in [5.74, 6) is -0.231. The zero-order valence-electron chi connectivity index (χ0n) is 10.1. The number of aliphatic hydroxyl groups is 1. The second kappa shape index (κ2) is 5.01. The summed E-state index contributed by atoms with van der Waals surface area (Å²) in [7, 11) is 0. The number of anilines is 1. The number of fused-ring (bicyclic) bond motifs is 1. The van der Waals surface area contributed by atoms with Gasteiger partial charge >= 0.3 is 0 Å². The minimum absolute atomic E-state index is 0.0874. The van der Waals surface area contributed by atoms with Crippen molar-refractivity contribution in [3.05, 3.63) is 35.5 Å². The molecule has 1 aromatic carbocycles. The third-order valence-electron chi connectivity index (χ3n) is 2.60. The fourth-order valence-electron chi connectivity index (χ4n) is 1.83. The molecule has 2 aromatic rings. The lowest BCUT2D eigenvalue weighted by Crippen LogP contribution is -2.26. The van der Waals surface area contributed by atoms with Gasteiger partial charge in [0.05, 0.1) is 17.7 Å². The number of benzene rings is 1. The van der Waals surface area contributed by atoms with E-state index in [9.17, 15) is 4.79 Å². The van der Waals surface area contributed by atoms with Crippen molar-refractivity contribution < 1.29 is 9.90 Å². The molecular formula is C13H15N3O2. The van der Waals surface area contributed by atoms with Crippen LogP contribution in [-0.4, -0.2) is 29.1 Å². The summed E-state index contributed by atoms with van der Waals surface area (Å²) in [6.07, 6.45) is 0. The molecule has 4 N–H and O–H groups in total. The Morgan fingerprint density at radius 2 is 2.22 bits per heavy atom. The van der Waals surface area contributed by atoms with Crippen molar-refractivity contribution in [1.82, 2.24) is 10.3 Å². The number of aryl methyl sites for hydroxylation is 1. The standard InChI is InChI=1S/C13H15N3O2/c1-8-6-11(13(18)15-4-5-17)10-7-9(14)2-3-12(10)16-8/h2-3,6-7,17H,4-5,14H2,1H3,(H,15,18). The van der Waals surface area contributed by atoms with Gasteiger partial charge in [0, 0.05) is 23.3 Å². The Morgan fingerprint density at radius 1 is 1.44 bits per heavy atom. The second-order valence-corrected chi connectivity index (χ2v) is 4.07. The summed E-state index contributed by atoms with van der Waals surface area (Å²) in [5, 5.41) is 12.1. The molecule has 0 radical (unpaired) electrons. The first kappa shape index (κ1) is 12.3. The van der Waals surface area contributed by atoms with Gasteiger partial charge in [-0.15, -0.1) is 0 Å². The minimum Gasteiger partial charge on any atom is -0.399 e. The fourth-order valence-corrected chi connectivity index (χ4v) is 1.83. The molecular weight excluding hydrogens is 230 g/mol. The molecule has 0 aliphatic heterocycles. The number of nitrogens with two attached hydrogens (primary N) is 1. The van der Waals surface area contributed by atoms with Gasteiger partial charge in [-0.2, -0.15) is 0 Å². The average Bonchev–Trinajstić information content (AvgIpc) is 2.35. The topological polar surface area (TPSA) is 88.2 Å². The number of hydrogen-bond donors (Lipinski definition) is 3. The minimum atomic E-state index is -0.231. The van der Waals surface area contributed by atoms with Crippen LogP contribution < -0.4 is 11.1 Å². The van der Waals surface area contributed by atoms with Crippen molar-refractivity contribution in [1.29, 1.82) is 0 Å². The number of aromatic nitrogens is 1. The van der Waals surface area contributed by atoms with Crippen LogP contribution in [0, 0.1) is 6.92 Å². The number of pyridine rings is 1. The molecule has 5 heteroatoms. The van der Waals surface area contributed by atoms with Crippen LogP contribution in [0.15, 0.2) is 24.3 Å². The Kier molecular flexibility index (Phi) is 3.43. The smallest absolute Gasteiger partial charge is 0.252 e. The van der Waals surface area contributed by atoms with Crippen molar-refractivity contribution in [3.63, 3.8) is 0 Å². The summed E-state index contributed by atoms with van der Waals surface area (Å²) in [5.41, 5.74) is 8.34.